The van der Waals surface area contributed by atoms with Gasteiger partial charge in [0.15, 0.2) is 0 Å². The zero-order valence-electron chi connectivity index (χ0n) is 21.7. The molecule has 1 aromatic carbocycles. The Kier molecular flexibility index (Phi) is 8.10. The molecule has 0 spiro atoms. The molecule has 0 radical (unpaired) electrons. The van der Waals surface area contributed by atoms with Gasteiger partial charge in [0.25, 0.3) is 5.91 Å². The van der Waals surface area contributed by atoms with Gasteiger partial charge in [0.2, 0.25) is 15.9 Å². The van der Waals surface area contributed by atoms with Crippen LogP contribution in [0.2, 0.25) is 0 Å². The molecule has 2 atom stereocenters. The van der Waals surface area contributed by atoms with Crippen molar-refractivity contribution in [3.63, 3.8) is 0 Å². The van der Waals surface area contributed by atoms with Crippen molar-refractivity contribution in [1.29, 1.82) is 0 Å². The first-order chi connectivity index (χ1) is 17.6. The van der Waals surface area contributed by atoms with E-state index in [4.69, 9.17) is 0 Å². The van der Waals surface area contributed by atoms with E-state index in [0.29, 0.717) is 12.2 Å². The van der Waals surface area contributed by atoms with Crippen LogP contribution >= 0.6 is 12.4 Å². The topological polar surface area (TPSA) is 107 Å². The first-order valence-corrected chi connectivity index (χ1v) is 14.4. The third kappa shape index (κ3) is 5.27. The number of halogens is 1. The van der Waals surface area contributed by atoms with E-state index in [1.165, 1.54) is 16.8 Å². The van der Waals surface area contributed by atoms with Crippen LogP contribution in [0.1, 0.15) is 30.0 Å². The van der Waals surface area contributed by atoms with Gasteiger partial charge in [-0.25, -0.2) is 17.7 Å². The summed E-state index contributed by atoms with van der Waals surface area (Å²) in [6.07, 6.45) is 5.78. The fourth-order valence-corrected chi connectivity index (χ4v) is 6.52. The number of hydrogen-bond donors (Lipinski definition) is 0. The van der Waals surface area contributed by atoms with Crippen LogP contribution in [0.5, 0.6) is 0 Å². The normalized spacial score (nSPS) is 21.9. The highest BCUT2D eigenvalue weighted by Gasteiger charge is 2.54. The third-order valence-corrected chi connectivity index (χ3v) is 8.36. The number of hydrogen-bond acceptors (Lipinski definition) is 8. The number of para-hydroxylation sites is 1. The first-order valence-electron chi connectivity index (χ1n) is 12.5. The number of carbonyl (C=O) groups excluding carboxylic acids is 2. The van der Waals surface area contributed by atoms with Gasteiger partial charge in [0.1, 0.15) is 5.69 Å². The highest BCUT2D eigenvalue weighted by molar-refractivity contribution is 7.89. The van der Waals surface area contributed by atoms with E-state index in [9.17, 15) is 18.0 Å². The summed E-state index contributed by atoms with van der Waals surface area (Å²) in [5.41, 5.74) is 2.55. The van der Waals surface area contributed by atoms with Crippen molar-refractivity contribution in [2.24, 2.45) is 11.8 Å². The zero-order chi connectivity index (χ0) is 26.3. The Labute approximate surface area is 229 Å². The molecule has 3 aliphatic heterocycles. The number of piperazine rings is 1. The summed E-state index contributed by atoms with van der Waals surface area (Å²) in [5.74, 6) is -1.62. The quantitative estimate of drug-likeness (QED) is 0.528. The number of benzene rings is 1. The molecule has 3 aliphatic rings. The fourth-order valence-electron chi connectivity index (χ4n) is 5.50. The van der Waals surface area contributed by atoms with Gasteiger partial charge in [-0.05, 0) is 24.1 Å². The Morgan fingerprint density at radius 2 is 1.74 bits per heavy atom. The molecule has 2 saturated heterocycles. The lowest BCUT2D eigenvalue weighted by molar-refractivity contribution is -0.128. The van der Waals surface area contributed by atoms with E-state index in [-0.39, 0.29) is 36.5 Å². The van der Waals surface area contributed by atoms with Crippen molar-refractivity contribution >= 4 is 39.9 Å². The minimum Gasteiger partial charge on any atom is -0.369 e. The summed E-state index contributed by atoms with van der Waals surface area (Å²) >= 11 is 0. The summed E-state index contributed by atoms with van der Waals surface area (Å²) in [5, 5.41) is 0. The van der Waals surface area contributed by atoms with Gasteiger partial charge in [0.05, 0.1) is 42.0 Å². The lowest BCUT2D eigenvalue weighted by atomic mass is 9.89. The van der Waals surface area contributed by atoms with Crippen LogP contribution in [0, 0.1) is 11.8 Å². The van der Waals surface area contributed by atoms with E-state index < -0.39 is 27.9 Å². The van der Waals surface area contributed by atoms with E-state index in [0.717, 1.165) is 42.4 Å². The SMILES string of the molecule is CC(C)[C@H]1C(=O)N(S(C)(=O)=O)C2=CCN(C(=O)c3cnc(CN4CCN(c5ccccc5)CC4)cn3)[C@@H]21.Cl. The summed E-state index contributed by atoms with van der Waals surface area (Å²) in [4.78, 5) is 41.5. The number of nitrogens with zero attached hydrogens (tertiary/aromatic N) is 6. The second kappa shape index (κ2) is 11.0. The van der Waals surface area contributed by atoms with Crippen LogP contribution in [0.25, 0.3) is 0 Å². The molecule has 0 bridgehead atoms. The van der Waals surface area contributed by atoms with Crippen LogP contribution in [-0.4, -0.2) is 89.3 Å². The van der Waals surface area contributed by atoms with Crippen molar-refractivity contribution < 1.29 is 18.0 Å². The number of anilines is 1. The minimum absolute atomic E-state index is 0. The Hall–Kier alpha value is -3.02. The molecule has 10 nitrogen and oxygen atoms in total. The molecule has 0 unspecified atom stereocenters. The number of rotatable bonds is 6. The highest BCUT2D eigenvalue weighted by Crippen LogP contribution is 2.41. The standard InChI is InChI=1S/C26H32N6O4S.ClH/c1-18(2)23-24-22(32(26(23)34)37(3,35)36)9-10-31(24)25(33)21-16-27-19(15-28-21)17-29-11-13-30(14-12-29)20-7-5-4-6-8-20;/h4-9,15-16,18,23-24H,10-14,17H2,1-3H3;1H/t23-,24+;/m1./s1. The summed E-state index contributed by atoms with van der Waals surface area (Å²) in [6, 6.07) is 9.74. The molecule has 0 aliphatic carbocycles. The average Bonchev–Trinajstić information content (AvgIpc) is 3.41. The molecule has 0 N–H and O–H groups in total. The summed E-state index contributed by atoms with van der Waals surface area (Å²) in [6.45, 7) is 8.26. The number of sulfonamides is 1. The van der Waals surface area contributed by atoms with Gasteiger partial charge in [0, 0.05) is 45.0 Å². The minimum atomic E-state index is -3.78. The maximum absolute atomic E-state index is 13.4. The van der Waals surface area contributed by atoms with Crippen molar-refractivity contribution in [2.45, 2.75) is 26.4 Å². The molecular formula is C26H33ClN6O4S. The lowest BCUT2D eigenvalue weighted by Gasteiger charge is -2.35. The fraction of sp³-hybridized carbons (Fsp3) is 0.462. The zero-order valence-corrected chi connectivity index (χ0v) is 23.4. The predicted octanol–water partition coefficient (Wildman–Crippen LogP) is 2.00. The van der Waals surface area contributed by atoms with Crippen LogP contribution in [0.15, 0.2) is 54.5 Å². The lowest BCUT2D eigenvalue weighted by Crippen LogP contribution is -2.46. The van der Waals surface area contributed by atoms with E-state index in [2.05, 4.69) is 44.0 Å². The van der Waals surface area contributed by atoms with Crippen LogP contribution in [-0.2, 0) is 21.4 Å². The molecule has 2 amide bonds. The molecule has 38 heavy (non-hydrogen) atoms. The molecule has 1 aromatic heterocycles. The molecule has 4 heterocycles. The average molecular weight is 561 g/mol. The van der Waals surface area contributed by atoms with Crippen molar-refractivity contribution in [1.82, 2.24) is 24.1 Å². The molecular weight excluding hydrogens is 528 g/mol. The van der Waals surface area contributed by atoms with E-state index >= 15 is 0 Å². The van der Waals surface area contributed by atoms with E-state index in [1.54, 1.807) is 12.3 Å². The molecule has 204 valence electrons. The maximum Gasteiger partial charge on any atom is 0.274 e. The highest BCUT2D eigenvalue weighted by atomic mass is 35.5. The Balaban J connectivity index is 0.00000336. The first kappa shape index (κ1) is 28.0. The maximum atomic E-state index is 13.4. The van der Waals surface area contributed by atoms with Crippen LogP contribution < -0.4 is 4.90 Å². The molecule has 12 heteroatoms. The number of aromatic nitrogens is 2. The predicted molar refractivity (Wildman–Crippen MR) is 146 cm³/mol. The smallest absolute Gasteiger partial charge is 0.274 e. The molecule has 5 rings (SSSR count). The van der Waals surface area contributed by atoms with Crippen molar-refractivity contribution in [2.75, 3.05) is 43.9 Å². The van der Waals surface area contributed by atoms with E-state index in [1.807, 2.05) is 19.9 Å². The Bertz CT molecular complexity index is 1310. The molecule has 2 aromatic rings. The van der Waals surface area contributed by atoms with Gasteiger partial charge >= 0.3 is 0 Å². The number of fused-ring (bicyclic) bond motifs is 1. The van der Waals surface area contributed by atoms with Gasteiger partial charge in [-0.2, -0.15) is 0 Å². The van der Waals surface area contributed by atoms with Crippen molar-refractivity contribution in [3.05, 3.63) is 65.9 Å². The number of carbonyl (C=O) groups is 2. The van der Waals surface area contributed by atoms with Crippen molar-refractivity contribution in [3.8, 4) is 0 Å². The van der Waals surface area contributed by atoms with Crippen LogP contribution in [0.3, 0.4) is 0 Å². The third-order valence-electron chi connectivity index (χ3n) is 7.31. The largest absolute Gasteiger partial charge is 0.369 e. The Morgan fingerprint density at radius 1 is 1.05 bits per heavy atom. The summed E-state index contributed by atoms with van der Waals surface area (Å²) in [7, 11) is -3.78. The van der Waals surface area contributed by atoms with Crippen LogP contribution in [0.4, 0.5) is 5.69 Å². The van der Waals surface area contributed by atoms with Gasteiger partial charge in [-0.1, -0.05) is 32.0 Å². The van der Waals surface area contributed by atoms with Gasteiger partial charge in [-0.3, -0.25) is 19.5 Å². The molecule has 2 fully saturated rings. The molecule has 0 saturated carbocycles. The Morgan fingerprint density at radius 3 is 2.32 bits per heavy atom. The van der Waals surface area contributed by atoms with Gasteiger partial charge in [-0.15, -0.1) is 12.4 Å². The second-order valence-electron chi connectivity index (χ2n) is 10.2. The summed E-state index contributed by atoms with van der Waals surface area (Å²) < 4.78 is 25.5. The number of amides is 2. The van der Waals surface area contributed by atoms with Gasteiger partial charge < -0.3 is 9.80 Å². The monoisotopic (exact) mass is 560 g/mol. The second-order valence-corrected chi connectivity index (χ2v) is 12.0.